The number of thiophene rings is 1. The van der Waals surface area contributed by atoms with Gasteiger partial charge in [0.05, 0.1) is 31.7 Å². The maximum absolute atomic E-state index is 12.5. The van der Waals surface area contributed by atoms with E-state index >= 15 is 0 Å². The lowest BCUT2D eigenvalue weighted by atomic mass is 10.1. The number of hydrogen-bond donors (Lipinski definition) is 1. The molecule has 6 nitrogen and oxygen atoms in total. The van der Waals surface area contributed by atoms with Gasteiger partial charge in [0.15, 0.2) is 11.5 Å². The van der Waals surface area contributed by atoms with Crippen LogP contribution in [0.3, 0.4) is 0 Å². The zero-order valence-corrected chi connectivity index (χ0v) is 15.6. The van der Waals surface area contributed by atoms with Gasteiger partial charge in [0.2, 0.25) is 0 Å². The van der Waals surface area contributed by atoms with Crippen LogP contribution in [0.25, 0.3) is 10.9 Å². The molecule has 1 aliphatic heterocycles. The maximum Gasteiger partial charge on any atom is 0.258 e. The number of nitrogens with zero attached hydrogens (tertiary/aromatic N) is 2. The molecule has 1 atom stereocenters. The Morgan fingerprint density at radius 2 is 2.12 bits per heavy atom. The molecule has 1 aromatic carbocycles. The second kappa shape index (κ2) is 7.09. The Morgan fingerprint density at radius 1 is 1.31 bits per heavy atom. The molecule has 0 spiro atoms. The molecule has 1 saturated heterocycles. The van der Waals surface area contributed by atoms with Gasteiger partial charge in [-0.2, -0.15) is 11.3 Å². The predicted molar refractivity (Wildman–Crippen MR) is 102 cm³/mol. The fourth-order valence-corrected chi connectivity index (χ4v) is 4.35. The smallest absolute Gasteiger partial charge is 0.258 e. The summed E-state index contributed by atoms with van der Waals surface area (Å²) in [5.74, 6) is 1.77. The lowest BCUT2D eigenvalue weighted by molar-refractivity contribution is 0.243. The average Bonchev–Trinajstić information content (AvgIpc) is 3.32. The van der Waals surface area contributed by atoms with Gasteiger partial charge in [-0.05, 0) is 47.8 Å². The minimum absolute atomic E-state index is 0.155. The van der Waals surface area contributed by atoms with E-state index in [-0.39, 0.29) is 5.56 Å². The zero-order valence-electron chi connectivity index (χ0n) is 14.8. The van der Waals surface area contributed by atoms with E-state index in [4.69, 9.17) is 9.47 Å². The second-order valence-corrected chi connectivity index (χ2v) is 7.20. The summed E-state index contributed by atoms with van der Waals surface area (Å²) in [7, 11) is 3.13. The van der Waals surface area contributed by atoms with Crippen molar-refractivity contribution in [1.82, 2.24) is 14.9 Å². The Balaban J connectivity index is 1.67. The number of fused-ring (bicyclic) bond motifs is 1. The SMILES string of the molecule is COc1cc2nc(CN3CCCC3c3ccsc3)[nH]c(=O)c2cc1OC. The summed E-state index contributed by atoms with van der Waals surface area (Å²) < 4.78 is 10.6. The molecule has 3 heterocycles. The largest absolute Gasteiger partial charge is 0.493 e. The third kappa shape index (κ3) is 3.08. The summed E-state index contributed by atoms with van der Waals surface area (Å²) in [6.45, 7) is 1.63. The number of ether oxygens (including phenoxy) is 2. The van der Waals surface area contributed by atoms with Crippen LogP contribution in [0, 0.1) is 0 Å². The van der Waals surface area contributed by atoms with Gasteiger partial charge in [-0.3, -0.25) is 9.69 Å². The number of methoxy groups -OCH3 is 2. The number of aromatic amines is 1. The summed E-state index contributed by atoms with van der Waals surface area (Å²) in [6, 6.07) is 6.01. The van der Waals surface area contributed by atoms with Crippen molar-refractivity contribution in [1.29, 1.82) is 0 Å². The van der Waals surface area contributed by atoms with Crippen LogP contribution in [0.5, 0.6) is 11.5 Å². The number of hydrogen-bond acceptors (Lipinski definition) is 6. The molecule has 0 radical (unpaired) electrons. The van der Waals surface area contributed by atoms with Gasteiger partial charge in [0.1, 0.15) is 5.82 Å². The molecule has 2 aromatic heterocycles. The molecule has 3 aromatic rings. The first-order chi connectivity index (χ1) is 12.7. The van der Waals surface area contributed by atoms with Crippen LogP contribution >= 0.6 is 11.3 Å². The predicted octanol–water partition coefficient (Wildman–Crippen LogP) is 3.34. The quantitative estimate of drug-likeness (QED) is 0.745. The minimum atomic E-state index is -0.155. The summed E-state index contributed by atoms with van der Waals surface area (Å²) in [4.78, 5) is 22.5. The third-order valence-electron chi connectivity index (χ3n) is 4.90. The number of nitrogens with one attached hydrogen (secondary N) is 1. The number of aromatic nitrogens is 2. The van der Waals surface area contributed by atoms with Gasteiger partial charge in [-0.25, -0.2) is 4.98 Å². The topological polar surface area (TPSA) is 67.5 Å². The number of H-pyrrole nitrogens is 1. The normalized spacial score (nSPS) is 17.7. The van der Waals surface area contributed by atoms with Gasteiger partial charge >= 0.3 is 0 Å². The fraction of sp³-hybridized carbons (Fsp3) is 0.368. The van der Waals surface area contributed by atoms with Gasteiger partial charge < -0.3 is 14.5 Å². The molecule has 0 saturated carbocycles. The van der Waals surface area contributed by atoms with Crippen LogP contribution in [-0.2, 0) is 6.54 Å². The van der Waals surface area contributed by atoms with E-state index in [1.54, 1.807) is 37.7 Å². The Labute approximate surface area is 155 Å². The van der Waals surface area contributed by atoms with E-state index in [1.807, 2.05) is 0 Å². The molecule has 4 rings (SSSR count). The van der Waals surface area contributed by atoms with Gasteiger partial charge in [0.25, 0.3) is 5.56 Å². The maximum atomic E-state index is 12.5. The van der Waals surface area contributed by atoms with Crippen molar-refractivity contribution in [3.05, 3.63) is 50.7 Å². The third-order valence-corrected chi connectivity index (χ3v) is 5.61. The molecule has 1 unspecified atom stereocenters. The van der Waals surface area contributed by atoms with Crippen molar-refractivity contribution < 1.29 is 9.47 Å². The monoisotopic (exact) mass is 371 g/mol. The molecule has 7 heteroatoms. The van der Waals surface area contributed by atoms with E-state index in [9.17, 15) is 4.79 Å². The average molecular weight is 371 g/mol. The summed E-state index contributed by atoms with van der Waals surface area (Å²) in [6.07, 6.45) is 2.29. The van der Waals surface area contributed by atoms with Gasteiger partial charge in [-0.1, -0.05) is 0 Å². The Kier molecular flexibility index (Phi) is 4.65. The molecule has 0 amide bonds. The van der Waals surface area contributed by atoms with Crippen molar-refractivity contribution in [3.8, 4) is 11.5 Å². The molecular weight excluding hydrogens is 350 g/mol. The molecule has 26 heavy (non-hydrogen) atoms. The molecule has 1 N–H and O–H groups in total. The van der Waals surface area contributed by atoms with Gasteiger partial charge in [-0.15, -0.1) is 0 Å². The fourth-order valence-electron chi connectivity index (χ4n) is 3.64. The second-order valence-electron chi connectivity index (χ2n) is 6.42. The van der Waals surface area contributed by atoms with Crippen molar-refractivity contribution >= 4 is 22.2 Å². The minimum Gasteiger partial charge on any atom is -0.493 e. The summed E-state index contributed by atoms with van der Waals surface area (Å²) >= 11 is 1.72. The van der Waals surface area contributed by atoms with Crippen molar-refractivity contribution in [3.63, 3.8) is 0 Å². The molecule has 0 aliphatic carbocycles. The summed E-state index contributed by atoms with van der Waals surface area (Å²) in [5.41, 5.74) is 1.81. The van der Waals surface area contributed by atoms with E-state index in [0.29, 0.717) is 40.8 Å². The van der Waals surface area contributed by atoms with E-state index in [0.717, 1.165) is 19.4 Å². The molecule has 136 valence electrons. The first-order valence-electron chi connectivity index (χ1n) is 8.60. The standard InChI is InChI=1S/C19H21N3O3S/c1-24-16-8-13-14(9-17(16)25-2)20-18(21-19(13)23)10-22-6-3-4-15(22)12-5-7-26-11-12/h5,7-9,11,15H,3-4,6,10H2,1-2H3,(H,20,21,23). The highest BCUT2D eigenvalue weighted by Gasteiger charge is 2.27. The number of likely N-dealkylation sites (tertiary alicyclic amines) is 1. The van der Waals surface area contributed by atoms with Crippen molar-refractivity contribution in [2.45, 2.75) is 25.4 Å². The van der Waals surface area contributed by atoms with Crippen LogP contribution in [0.15, 0.2) is 33.8 Å². The van der Waals surface area contributed by atoms with E-state index < -0.39 is 0 Å². The van der Waals surface area contributed by atoms with Crippen molar-refractivity contribution in [2.24, 2.45) is 0 Å². The highest BCUT2D eigenvalue weighted by molar-refractivity contribution is 7.07. The van der Waals surface area contributed by atoms with E-state index in [2.05, 4.69) is 31.7 Å². The van der Waals surface area contributed by atoms with Crippen LogP contribution in [0.4, 0.5) is 0 Å². The van der Waals surface area contributed by atoms with Crippen LogP contribution < -0.4 is 15.0 Å². The Morgan fingerprint density at radius 3 is 2.85 bits per heavy atom. The lowest BCUT2D eigenvalue weighted by Crippen LogP contribution is -2.25. The highest BCUT2D eigenvalue weighted by Crippen LogP contribution is 2.34. The zero-order chi connectivity index (χ0) is 18.1. The first kappa shape index (κ1) is 17.1. The Hall–Kier alpha value is -2.38. The highest BCUT2D eigenvalue weighted by atomic mass is 32.1. The van der Waals surface area contributed by atoms with Crippen molar-refractivity contribution in [2.75, 3.05) is 20.8 Å². The number of benzene rings is 1. The summed E-state index contributed by atoms with van der Waals surface area (Å²) in [5, 5.41) is 4.82. The molecule has 1 aliphatic rings. The Bertz CT molecular complexity index is 968. The number of rotatable bonds is 5. The van der Waals surface area contributed by atoms with E-state index in [1.165, 1.54) is 5.56 Å². The molecule has 0 bridgehead atoms. The lowest BCUT2D eigenvalue weighted by Gasteiger charge is -2.23. The van der Waals surface area contributed by atoms with Crippen LogP contribution in [-0.4, -0.2) is 35.6 Å². The van der Waals surface area contributed by atoms with Crippen LogP contribution in [0.1, 0.15) is 30.3 Å². The molecular formula is C19H21N3O3S. The molecule has 1 fully saturated rings. The van der Waals surface area contributed by atoms with Crippen LogP contribution in [0.2, 0.25) is 0 Å². The van der Waals surface area contributed by atoms with Gasteiger partial charge in [0, 0.05) is 12.1 Å². The first-order valence-corrected chi connectivity index (χ1v) is 9.55.